The molecule has 0 spiro atoms. The van der Waals surface area contributed by atoms with Gasteiger partial charge in [0.25, 0.3) is 0 Å². The molecule has 0 bridgehead atoms. The fourth-order valence-electron chi connectivity index (χ4n) is 2.07. The number of likely N-dealkylation sites (tertiary alicyclic amines) is 1. The molecule has 1 rings (SSSR count). The Morgan fingerprint density at radius 2 is 2.00 bits per heavy atom. The summed E-state index contributed by atoms with van der Waals surface area (Å²) in [4.78, 5) is 2.55. The highest BCUT2D eigenvalue weighted by molar-refractivity contribution is 4.65. The summed E-state index contributed by atoms with van der Waals surface area (Å²) < 4.78 is 5.72. The summed E-state index contributed by atoms with van der Waals surface area (Å²) in [7, 11) is 0. The largest absolute Gasteiger partial charge is 0.378 e. The van der Waals surface area contributed by atoms with Gasteiger partial charge in [0.1, 0.15) is 0 Å². The first-order chi connectivity index (χ1) is 6.83. The van der Waals surface area contributed by atoms with Crippen LogP contribution in [0.3, 0.4) is 0 Å². The van der Waals surface area contributed by atoms with Crippen molar-refractivity contribution >= 4 is 0 Å². The van der Waals surface area contributed by atoms with Gasteiger partial charge < -0.3 is 9.64 Å². The summed E-state index contributed by atoms with van der Waals surface area (Å²) in [5.74, 6) is 0. The highest BCUT2D eigenvalue weighted by Crippen LogP contribution is 2.08. The minimum atomic E-state index is 0.457. The van der Waals surface area contributed by atoms with E-state index in [0.717, 1.165) is 6.61 Å². The van der Waals surface area contributed by atoms with Gasteiger partial charge in [-0.25, -0.2) is 0 Å². The van der Waals surface area contributed by atoms with Crippen molar-refractivity contribution in [1.29, 1.82) is 0 Å². The van der Waals surface area contributed by atoms with Crippen molar-refractivity contribution < 1.29 is 4.74 Å². The van der Waals surface area contributed by atoms with Crippen LogP contribution < -0.4 is 0 Å². The molecule has 0 saturated carbocycles. The van der Waals surface area contributed by atoms with Gasteiger partial charge in [0.2, 0.25) is 0 Å². The molecule has 1 atom stereocenters. The van der Waals surface area contributed by atoms with Gasteiger partial charge in [-0.1, -0.05) is 13.3 Å². The third-order valence-corrected chi connectivity index (χ3v) is 2.91. The van der Waals surface area contributed by atoms with E-state index in [1.54, 1.807) is 0 Å². The van der Waals surface area contributed by atoms with Crippen molar-refractivity contribution in [1.82, 2.24) is 4.90 Å². The van der Waals surface area contributed by atoms with E-state index in [1.807, 2.05) is 0 Å². The molecule has 1 aliphatic heterocycles. The molecule has 84 valence electrons. The Bertz CT molecular complexity index is 132. The highest BCUT2D eigenvalue weighted by atomic mass is 16.5. The first-order valence-corrected chi connectivity index (χ1v) is 6.17. The second-order valence-corrected chi connectivity index (χ2v) is 4.37. The normalized spacial score (nSPS) is 20.1. The minimum absolute atomic E-state index is 0.457. The summed E-state index contributed by atoms with van der Waals surface area (Å²) in [5, 5.41) is 0. The maximum Gasteiger partial charge on any atom is 0.0546 e. The number of rotatable bonds is 7. The van der Waals surface area contributed by atoms with Gasteiger partial charge in [0.15, 0.2) is 0 Å². The Labute approximate surface area is 88.6 Å². The van der Waals surface area contributed by atoms with Crippen LogP contribution >= 0.6 is 0 Å². The average Bonchev–Trinajstić information content (AvgIpc) is 2.65. The van der Waals surface area contributed by atoms with Crippen LogP contribution in [0.1, 0.15) is 46.0 Å². The van der Waals surface area contributed by atoms with E-state index in [2.05, 4.69) is 18.7 Å². The predicted octanol–water partition coefficient (Wildman–Crippen LogP) is 2.68. The average molecular weight is 199 g/mol. The number of nitrogens with zero attached hydrogens (tertiary/aromatic N) is 1. The van der Waals surface area contributed by atoms with Crippen LogP contribution in [0.4, 0.5) is 0 Å². The molecule has 0 aromatic rings. The Morgan fingerprint density at radius 1 is 1.29 bits per heavy atom. The fraction of sp³-hybridized carbons (Fsp3) is 1.00. The first kappa shape index (κ1) is 12.0. The molecule has 0 aromatic heterocycles. The maximum atomic E-state index is 5.72. The standard InChI is InChI=1S/C12H25NO/c1-3-7-12(2)14-11-6-10-13-8-4-5-9-13/h12H,3-11H2,1-2H3. The van der Waals surface area contributed by atoms with Gasteiger partial charge in [0.05, 0.1) is 6.10 Å². The molecular formula is C12H25NO. The summed E-state index contributed by atoms with van der Waals surface area (Å²) in [5.41, 5.74) is 0. The molecular weight excluding hydrogens is 174 g/mol. The van der Waals surface area contributed by atoms with Gasteiger partial charge in [-0.3, -0.25) is 0 Å². The van der Waals surface area contributed by atoms with Crippen LogP contribution in [0.15, 0.2) is 0 Å². The number of hydrogen-bond acceptors (Lipinski definition) is 2. The number of hydrogen-bond donors (Lipinski definition) is 0. The Balaban J connectivity index is 1.88. The first-order valence-electron chi connectivity index (χ1n) is 6.17. The summed E-state index contributed by atoms with van der Waals surface area (Å²) in [6, 6.07) is 0. The Hall–Kier alpha value is -0.0800. The molecule has 0 aliphatic carbocycles. The fourth-order valence-corrected chi connectivity index (χ4v) is 2.07. The molecule has 1 saturated heterocycles. The van der Waals surface area contributed by atoms with Crippen molar-refractivity contribution in [3.8, 4) is 0 Å². The molecule has 1 fully saturated rings. The summed E-state index contributed by atoms with van der Waals surface area (Å²) in [6.45, 7) is 9.19. The summed E-state index contributed by atoms with van der Waals surface area (Å²) >= 11 is 0. The minimum Gasteiger partial charge on any atom is -0.378 e. The second-order valence-electron chi connectivity index (χ2n) is 4.37. The molecule has 0 N–H and O–H groups in total. The highest BCUT2D eigenvalue weighted by Gasteiger charge is 2.10. The monoisotopic (exact) mass is 199 g/mol. The topological polar surface area (TPSA) is 12.5 Å². The lowest BCUT2D eigenvalue weighted by Gasteiger charge is -2.16. The third-order valence-electron chi connectivity index (χ3n) is 2.91. The van der Waals surface area contributed by atoms with Crippen molar-refractivity contribution in [2.45, 2.75) is 52.1 Å². The molecule has 0 amide bonds. The molecule has 1 heterocycles. The lowest BCUT2D eigenvalue weighted by molar-refractivity contribution is 0.0541. The van der Waals surface area contributed by atoms with Gasteiger partial charge in [-0.15, -0.1) is 0 Å². The lowest BCUT2D eigenvalue weighted by atomic mass is 10.2. The van der Waals surface area contributed by atoms with Crippen LogP contribution in [0, 0.1) is 0 Å². The second kappa shape index (κ2) is 7.24. The van der Waals surface area contributed by atoms with E-state index in [9.17, 15) is 0 Å². The van der Waals surface area contributed by atoms with Crippen molar-refractivity contribution in [2.24, 2.45) is 0 Å². The SMILES string of the molecule is CCCC(C)OCCCN1CCCC1. The molecule has 2 heteroatoms. The Kier molecular flexibility index (Phi) is 6.20. The Morgan fingerprint density at radius 3 is 2.64 bits per heavy atom. The number of ether oxygens (including phenoxy) is 1. The van der Waals surface area contributed by atoms with Gasteiger partial charge in [0, 0.05) is 13.2 Å². The molecule has 14 heavy (non-hydrogen) atoms. The molecule has 0 radical (unpaired) electrons. The molecule has 1 unspecified atom stereocenters. The van der Waals surface area contributed by atoms with E-state index in [1.165, 1.54) is 51.7 Å². The quantitative estimate of drug-likeness (QED) is 0.584. The lowest BCUT2D eigenvalue weighted by Crippen LogP contribution is -2.22. The van der Waals surface area contributed by atoms with Crippen LogP contribution in [-0.2, 0) is 4.74 Å². The third kappa shape index (κ3) is 4.97. The smallest absolute Gasteiger partial charge is 0.0546 e. The van der Waals surface area contributed by atoms with E-state index in [0.29, 0.717) is 6.10 Å². The van der Waals surface area contributed by atoms with Gasteiger partial charge in [-0.05, 0) is 45.7 Å². The van der Waals surface area contributed by atoms with E-state index >= 15 is 0 Å². The molecule has 1 aliphatic rings. The van der Waals surface area contributed by atoms with Crippen LogP contribution in [0.5, 0.6) is 0 Å². The van der Waals surface area contributed by atoms with Gasteiger partial charge >= 0.3 is 0 Å². The zero-order valence-corrected chi connectivity index (χ0v) is 9.80. The van der Waals surface area contributed by atoms with Crippen molar-refractivity contribution in [3.05, 3.63) is 0 Å². The van der Waals surface area contributed by atoms with Crippen molar-refractivity contribution in [3.63, 3.8) is 0 Å². The van der Waals surface area contributed by atoms with E-state index < -0.39 is 0 Å². The van der Waals surface area contributed by atoms with Crippen LogP contribution in [0.2, 0.25) is 0 Å². The van der Waals surface area contributed by atoms with Crippen molar-refractivity contribution in [2.75, 3.05) is 26.2 Å². The maximum absolute atomic E-state index is 5.72. The van der Waals surface area contributed by atoms with Crippen LogP contribution in [-0.4, -0.2) is 37.2 Å². The van der Waals surface area contributed by atoms with E-state index in [-0.39, 0.29) is 0 Å². The van der Waals surface area contributed by atoms with Crippen LogP contribution in [0.25, 0.3) is 0 Å². The predicted molar refractivity (Wildman–Crippen MR) is 60.6 cm³/mol. The zero-order chi connectivity index (χ0) is 10.2. The zero-order valence-electron chi connectivity index (χ0n) is 9.80. The molecule has 0 aromatic carbocycles. The van der Waals surface area contributed by atoms with E-state index in [4.69, 9.17) is 4.74 Å². The van der Waals surface area contributed by atoms with Gasteiger partial charge in [-0.2, -0.15) is 0 Å². The molecule has 2 nitrogen and oxygen atoms in total. The summed E-state index contributed by atoms with van der Waals surface area (Å²) in [6.07, 6.45) is 6.88.